The number of benzene rings is 1. The molecule has 0 bridgehead atoms. The minimum Gasteiger partial charge on any atom is -0.368 e. The molecule has 3 N–H and O–H groups in total. The van der Waals surface area contributed by atoms with E-state index in [1.165, 1.54) is 0 Å². The number of aromatic nitrogens is 2. The molecule has 0 unspecified atom stereocenters. The highest BCUT2D eigenvalue weighted by molar-refractivity contribution is 6.34. The number of fused-ring (bicyclic) bond motifs is 1. The zero-order valence-electron chi connectivity index (χ0n) is 13.2. The summed E-state index contributed by atoms with van der Waals surface area (Å²) < 4.78 is 0. The average molecular weight is 322 g/mol. The van der Waals surface area contributed by atoms with Gasteiger partial charge in [-0.05, 0) is 25.0 Å². The number of hydrogen-bond acceptors (Lipinski definition) is 4. The van der Waals surface area contributed by atoms with Crippen molar-refractivity contribution in [3.63, 3.8) is 0 Å². The molecule has 1 aromatic heterocycles. The van der Waals surface area contributed by atoms with Crippen LogP contribution in [0.2, 0.25) is 5.02 Å². The van der Waals surface area contributed by atoms with Gasteiger partial charge in [-0.1, -0.05) is 25.4 Å². The number of imidazole rings is 1. The first kappa shape index (κ1) is 15.4. The highest BCUT2D eigenvalue weighted by atomic mass is 35.5. The molecule has 0 aliphatic carbocycles. The van der Waals surface area contributed by atoms with Crippen LogP contribution in [0.25, 0.3) is 11.0 Å². The molecule has 0 atom stereocenters. The maximum atomic E-state index is 6.48. The molecular formula is C16H24ClN5. The van der Waals surface area contributed by atoms with Gasteiger partial charge in [-0.2, -0.15) is 0 Å². The molecule has 1 aliphatic heterocycles. The summed E-state index contributed by atoms with van der Waals surface area (Å²) in [6.07, 6.45) is 2.17. The van der Waals surface area contributed by atoms with Gasteiger partial charge in [-0.15, -0.1) is 0 Å². The average Bonchev–Trinajstić information content (AvgIpc) is 2.93. The summed E-state index contributed by atoms with van der Waals surface area (Å²) in [6, 6.07) is 4.53. The van der Waals surface area contributed by atoms with Crippen LogP contribution in [-0.4, -0.2) is 42.2 Å². The van der Waals surface area contributed by atoms with Gasteiger partial charge in [0.05, 0.1) is 21.7 Å². The lowest BCUT2D eigenvalue weighted by Crippen LogP contribution is -2.43. The number of anilines is 2. The third-order valence-corrected chi connectivity index (χ3v) is 4.64. The summed E-state index contributed by atoms with van der Waals surface area (Å²) in [6.45, 7) is 8.32. The van der Waals surface area contributed by atoms with Gasteiger partial charge in [-0.25, -0.2) is 4.98 Å². The SMILES string of the molecule is CCC(CC)Nc1nc2cc(N3CCNCC3)c(Cl)cc2[nH]1. The van der Waals surface area contributed by atoms with E-state index >= 15 is 0 Å². The molecule has 22 heavy (non-hydrogen) atoms. The number of rotatable bonds is 5. The van der Waals surface area contributed by atoms with Crippen molar-refractivity contribution in [1.29, 1.82) is 0 Å². The molecule has 120 valence electrons. The maximum absolute atomic E-state index is 6.48. The Morgan fingerprint density at radius 3 is 2.68 bits per heavy atom. The molecule has 1 fully saturated rings. The first-order valence-corrected chi connectivity index (χ1v) is 8.50. The molecule has 0 radical (unpaired) electrons. The third-order valence-electron chi connectivity index (χ3n) is 4.33. The van der Waals surface area contributed by atoms with Crippen LogP contribution in [0.15, 0.2) is 12.1 Å². The van der Waals surface area contributed by atoms with Gasteiger partial charge in [0.1, 0.15) is 0 Å². The van der Waals surface area contributed by atoms with E-state index in [2.05, 4.69) is 45.4 Å². The van der Waals surface area contributed by atoms with Gasteiger partial charge in [0.2, 0.25) is 5.95 Å². The molecule has 5 nitrogen and oxygen atoms in total. The van der Waals surface area contributed by atoms with Crippen molar-refractivity contribution in [3.05, 3.63) is 17.2 Å². The number of piperazine rings is 1. The smallest absolute Gasteiger partial charge is 0.201 e. The van der Waals surface area contributed by atoms with Crippen LogP contribution in [0, 0.1) is 0 Å². The second-order valence-corrected chi connectivity index (χ2v) is 6.21. The number of aromatic amines is 1. The number of nitrogens with zero attached hydrogens (tertiary/aromatic N) is 2. The zero-order chi connectivity index (χ0) is 15.5. The normalized spacial score (nSPS) is 15.7. The minimum atomic E-state index is 0.448. The minimum absolute atomic E-state index is 0.448. The first-order valence-electron chi connectivity index (χ1n) is 8.12. The molecule has 0 saturated carbocycles. The molecule has 2 aromatic rings. The summed E-state index contributed by atoms with van der Waals surface area (Å²) >= 11 is 6.48. The van der Waals surface area contributed by atoms with E-state index in [-0.39, 0.29) is 0 Å². The van der Waals surface area contributed by atoms with Crippen molar-refractivity contribution in [2.24, 2.45) is 0 Å². The molecule has 3 rings (SSSR count). The second-order valence-electron chi connectivity index (χ2n) is 5.80. The fourth-order valence-electron chi connectivity index (χ4n) is 2.92. The Kier molecular flexibility index (Phi) is 4.74. The van der Waals surface area contributed by atoms with Crippen LogP contribution in [0.1, 0.15) is 26.7 Å². The summed E-state index contributed by atoms with van der Waals surface area (Å²) in [5.41, 5.74) is 3.03. The van der Waals surface area contributed by atoms with Gasteiger partial charge < -0.3 is 20.5 Å². The Morgan fingerprint density at radius 2 is 2.00 bits per heavy atom. The summed E-state index contributed by atoms with van der Waals surface area (Å²) in [7, 11) is 0. The molecule has 1 aromatic carbocycles. The second kappa shape index (κ2) is 6.75. The summed E-state index contributed by atoms with van der Waals surface area (Å²) in [4.78, 5) is 10.3. The van der Waals surface area contributed by atoms with Crippen LogP contribution in [0.5, 0.6) is 0 Å². The monoisotopic (exact) mass is 321 g/mol. The fraction of sp³-hybridized carbons (Fsp3) is 0.562. The highest BCUT2D eigenvalue weighted by Crippen LogP contribution is 2.31. The van der Waals surface area contributed by atoms with E-state index in [0.717, 1.165) is 66.7 Å². The van der Waals surface area contributed by atoms with E-state index in [9.17, 15) is 0 Å². The highest BCUT2D eigenvalue weighted by Gasteiger charge is 2.16. The van der Waals surface area contributed by atoms with Crippen LogP contribution in [0.3, 0.4) is 0 Å². The number of nitrogens with one attached hydrogen (secondary N) is 3. The van der Waals surface area contributed by atoms with Gasteiger partial charge in [0.15, 0.2) is 0 Å². The Hall–Kier alpha value is -1.46. The van der Waals surface area contributed by atoms with Crippen LogP contribution in [0.4, 0.5) is 11.6 Å². The zero-order valence-corrected chi connectivity index (χ0v) is 14.0. The predicted molar refractivity (Wildman–Crippen MR) is 94.2 cm³/mol. The summed E-state index contributed by atoms with van der Waals surface area (Å²) in [5.74, 6) is 0.831. The summed E-state index contributed by atoms with van der Waals surface area (Å²) in [5, 5.41) is 7.60. The van der Waals surface area contributed by atoms with Crippen molar-refractivity contribution >= 4 is 34.3 Å². The maximum Gasteiger partial charge on any atom is 0.201 e. The molecule has 0 spiro atoms. The lowest BCUT2D eigenvalue weighted by atomic mass is 10.2. The van der Waals surface area contributed by atoms with Crippen molar-refractivity contribution in [2.45, 2.75) is 32.7 Å². The Labute approximate surface area is 136 Å². The Bertz CT molecular complexity index is 629. The molecular weight excluding hydrogens is 298 g/mol. The number of H-pyrrole nitrogens is 1. The largest absolute Gasteiger partial charge is 0.368 e. The number of hydrogen-bond donors (Lipinski definition) is 3. The standard InChI is InChI=1S/C16H24ClN5/c1-3-11(4-2)19-16-20-13-9-12(17)15(10-14(13)21-16)22-7-5-18-6-8-22/h9-11,18H,3-8H2,1-2H3,(H2,19,20,21). The molecule has 0 amide bonds. The van der Waals surface area contributed by atoms with Crippen molar-refractivity contribution < 1.29 is 0 Å². The van der Waals surface area contributed by atoms with E-state index < -0.39 is 0 Å². The lowest BCUT2D eigenvalue weighted by molar-refractivity contribution is 0.589. The van der Waals surface area contributed by atoms with Gasteiger partial charge in [0.25, 0.3) is 0 Å². The fourth-order valence-corrected chi connectivity index (χ4v) is 3.21. The topological polar surface area (TPSA) is 56.0 Å². The van der Waals surface area contributed by atoms with Crippen molar-refractivity contribution in [2.75, 3.05) is 36.4 Å². The van der Waals surface area contributed by atoms with Crippen LogP contribution < -0.4 is 15.5 Å². The van der Waals surface area contributed by atoms with Crippen LogP contribution in [-0.2, 0) is 0 Å². The van der Waals surface area contributed by atoms with E-state index in [1.54, 1.807) is 0 Å². The number of halogens is 1. The third kappa shape index (κ3) is 3.15. The van der Waals surface area contributed by atoms with Gasteiger partial charge in [0, 0.05) is 32.2 Å². The van der Waals surface area contributed by atoms with E-state index in [1.807, 2.05) is 6.07 Å². The first-order chi connectivity index (χ1) is 10.7. The lowest BCUT2D eigenvalue weighted by Gasteiger charge is -2.30. The van der Waals surface area contributed by atoms with E-state index in [0.29, 0.717) is 6.04 Å². The Morgan fingerprint density at radius 1 is 1.27 bits per heavy atom. The Balaban J connectivity index is 1.88. The van der Waals surface area contributed by atoms with Crippen molar-refractivity contribution in [3.8, 4) is 0 Å². The molecule has 1 saturated heterocycles. The molecule has 1 aliphatic rings. The molecule has 2 heterocycles. The van der Waals surface area contributed by atoms with Crippen LogP contribution >= 0.6 is 11.6 Å². The van der Waals surface area contributed by atoms with Crippen molar-refractivity contribution in [1.82, 2.24) is 15.3 Å². The van der Waals surface area contributed by atoms with E-state index in [4.69, 9.17) is 11.6 Å². The molecule has 6 heteroatoms. The quantitative estimate of drug-likeness (QED) is 0.791. The van der Waals surface area contributed by atoms with Gasteiger partial charge >= 0.3 is 0 Å². The van der Waals surface area contributed by atoms with Gasteiger partial charge in [-0.3, -0.25) is 0 Å². The predicted octanol–water partition coefficient (Wildman–Crippen LogP) is 3.23.